The molecule has 1 aliphatic rings. The van der Waals surface area contributed by atoms with Crippen LogP contribution in [0, 0.1) is 0 Å². The molecule has 1 fully saturated rings. The molecule has 2 N–H and O–H groups in total. The van der Waals surface area contributed by atoms with Crippen molar-refractivity contribution >= 4 is 17.6 Å². The van der Waals surface area contributed by atoms with Crippen molar-refractivity contribution in [1.29, 1.82) is 0 Å². The highest BCUT2D eigenvalue weighted by molar-refractivity contribution is 5.93. The Kier molecular flexibility index (Phi) is 7.26. The second kappa shape index (κ2) is 9.43. The molecule has 0 heterocycles. The van der Waals surface area contributed by atoms with Gasteiger partial charge in [0.05, 0.1) is 13.2 Å². The molecule has 144 valence electrons. The lowest BCUT2D eigenvalue weighted by molar-refractivity contribution is -0.170. The maximum Gasteiger partial charge on any atom is 0.338 e. The molecule has 1 saturated carbocycles. The van der Waals surface area contributed by atoms with Gasteiger partial charge in [0.25, 0.3) is 5.91 Å². The summed E-state index contributed by atoms with van der Waals surface area (Å²) in [6.07, 6.45) is 3.32. The van der Waals surface area contributed by atoms with Crippen molar-refractivity contribution in [1.82, 2.24) is 0 Å². The average Bonchev–Trinajstić information content (AvgIpc) is 2.63. The lowest BCUT2D eigenvalue weighted by atomic mass is 9.85. The normalized spacial score (nSPS) is 15.8. The molecule has 1 aromatic rings. The Morgan fingerprint density at radius 1 is 1.08 bits per heavy atom. The van der Waals surface area contributed by atoms with E-state index < -0.39 is 24.1 Å². The molecule has 0 aliphatic heterocycles. The van der Waals surface area contributed by atoms with E-state index in [9.17, 15) is 14.7 Å². The summed E-state index contributed by atoms with van der Waals surface area (Å²) in [6, 6.07) is 5.05. The van der Waals surface area contributed by atoms with Crippen LogP contribution in [0.2, 0.25) is 0 Å². The molecule has 2 rings (SSSR count). The lowest BCUT2D eigenvalue weighted by Crippen LogP contribution is -2.42. The van der Waals surface area contributed by atoms with Gasteiger partial charge in [0.2, 0.25) is 0 Å². The minimum absolute atomic E-state index is 0.379. The van der Waals surface area contributed by atoms with Gasteiger partial charge in [-0.25, -0.2) is 4.79 Å². The van der Waals surface area contributed by atoms with Crippen LogP contribution in [-0.4, -0.2) is 42.4 Å². The number of carbonyl (C=O) groups excluding carboxylic acids is 2. The number of hydrogen-bond donors (Lipinski definition) is 2. The Morgan fingerprint density at radius 3 is 2.38 bits per heavy atom. The van der Waals surface area contributed by atoms with Crippen LogP contribution in [0.25, 0.3) is 0 Å². The Morgan fingerprint density at radius 2 is 1.73 bits per heavy atom. The molecule has 0 unspecified atom stereocenters. The fourth-order valence-electron chi connectivity index (χ4n) is 2.93. The van der Waals surface area contributed by atoms with E-state index in [4.69, 9.17) is 14.2 Å². The molecular weight excluding hydrogens is 338 g/mol. The molecule has 7 heteroatoms. The fourth-order valence-corrected chi connectivity index (χ4v) is 2.93. The van der Waals surface area contributed by atoms with Gasteiger partial charge in [0.1, 0.15) is 0 Å². The Hall–Kier alpha value is -2.28. The zero-order chi connectivity index (χ0) is 19.0. The quantitative estimate of drug-likeness (QED) is 0.688. The summed E-state index contributed by atoms with van der Waals surface area (Å²) >= 11 is 0. The first-order valence-corrected chi connectivity index (χ1v) is 9.07. The Labute approximate surface area is 153 Å². The molecule has 1 aliphatic carbocycles. The van der Waals surface area contributed by atoms with Gasteiger partial charge in [-0.2, -0.15) is 0 Å². The zero-order valence-electron chi connectivity index (χ0n) is 15.4. The summed E-state index contributed by atoms with van der Waals surface area (Å²) in [4.78, 5) is 24.1. The van der Waals surface area contributed by atoms with E-state index in [1.807, 2.05) is 13.8 Å². The molecule has 0 bridgehead atoms. The average molecular weight is 365 g/mol. The summed E-state index contributed by atoms with van der Waals surface area (Å²) in [6.45, 7) is 4.26. The van der Waals surface area contributed by atoms with Crippen LogP contribution in [0.1, 0.15) is 46.0 Å². The molecule has 0 saturated heterocycles. The number of ether oxygens (including phenoxy) is 3. The summed E-state index contributed by atoms with van der Waals surface area (Å²) in [5.74, 6) is -0.0858. The van der Waals surface area contributed by atoms with Gasteiger partial charge in [-0.3, -0.25) is 4.79 Å². The van der Waals surface area contributed by atoms with Crippen molar-refractivity contribution in [2.75, 3.05) is 25.1 Å². The summed E-state index contributed by atoms with van der Waals surface area (Å²) in [5, 5.41) is 12.9. The highest BCUT2D eigenvalue weighted by Crippen LogP contribution is 2.31. The van der Waals surface area contributed by atoms with Crippen molar-refractivity contribution < 1.29 is 28.9 Å². The molecule has 0 radical (unpaired) electrons. The smallest absolute Gasteiger partial charge is 0.338 e. The van der Waals surface area contributed by atoms with Crippen LogP contribution in [0.5, 0.6) is 11.5 Å². The predicted molar refractivity (Wildman–Crippen MR) is 96.4 cm³/mol. The van der Waals surface area contributed by atoms with Gasteiger partial charge in [-0.1, -0.05) is 6.42 Å². The van der Waals surface area contributed by atoms with E-state index >= 15 is 0 Å². The second-order valence-corrected chi connectivity index (χ2v) is 6.24. The van der Waals surface area contributed by atoms with E-state index in [1.165, 1.54) is 0 Å². The van der Waals surface area contributed by atoms with Gasteiger partial charge in [0.15, 0.2) is 23.7 Å². The molecule has 26 heavy (non-hydrogen) atoms. The number of rotatable bonds is 8. The van der Waals surface area contributed by atoms with Crippen LogP contribution >= 0.6 is 0 Å². The van der Waals surface area contributed by atoms with E-state index in [1.54, 1.807) is 18.2 Å². The molecule has 0 spiro atoms. The van der Waals surface area contributed by atoms with E-state index in [-0.39, 0.29) is 0 Å². The first-order chi connectivity index (χ1) is 12.5. The molecular formula is C19H27NO6. The van der Waals surface area contributed by atoms with E-state index in [0.29, 0.717) is 43.2 Å². The Balaban J connectivity index is 1.90. The number of benzene rings is 1. The van der Waals surface area contributed by atoms with Gasteiger partial charge in [0, 0.05) is 11.8 Å². The van der Waals surface area contributed by atoms with Crippen molar-refractivity contribution in [2.24, 2.45) is 0 Å². The van der Waals surface area contributed by atoms with Crippen LogP contribution < -0.4 is 14.8 Å². The predicted octanol–water partition coefficient (Wildman–Crippen LogP) is 2.66. The van der Waals surface area contributed by atoms with Gasteiger partial charge >= 0.3 is 5.97 Å². The number of anilines is 1. The SMILES string of the molecule is CCOc1ccc(NC(=O)COC(=O)C2(O)CCCCC2)cc1OCC. The summed E-state index contributed by atoms with van der Waals surface area (Å²) in [7, 11) is 0. The highest BCUT2D eigenvalue weighted by atomic mass is 16.6. The standard InChI is InChI=1S/C19H27NO6/c1-3-24-15-9-8-14(12-16(15)25-4-2)20-17(21)13-26-18(22)19(23)10-6-5-7-11-19/h8-9,12,23H,3-7,10-11,13H2,1-2H3,(H,20,21). The van der Waals surface area contributed by atoms with E-state index in [0.717, 1.165) is 19.3 Å². The number of amides is 1. The topological polar surface area (TPSA) is 94.1 Å². The number of esters is 1. The molecule has 7 nitrogen and oxygen atoms in total. The molecule has 1 amide bonds. The van der Waals surface area contributed by atoms with Crippen LogP contribution in [-0.2, 0) is 14.3 Å². The number of hydrogen-bond acceptors (Lipinski definition) is 6. The third-order valence-corrected chi connectivity index (χ3v) is 4.22. The number of aliphatic hydroxyl groups is 1. The first-order valence-electron chi connectivity index (χ1n) is 9.07. The molecule has 0 aromatic heterocycles. The lowest BCUT2D eigenvalue weighted by Gasteiger charge is -2.29. The van der Waals surface area contributed by atoms with Crippen molar-refractivity contribution in [2.45, 2.75) is 51.6 Å². The second-order valence-electron chi connectivity index (χ2n) is 6.24. The zero-order valence-corrected chi connectivity index (χ0v) is 15.4. The van der Waals surface area contributed by atoms with E-state index in [2.05, 4.69) is 5.32 Å². The minimum atomic E-state index is -1.46. The number of nitrogens with one attached hydrogen (secondary N) is 1. The van der Waals surface area contributed by atoms with Gasteiger partial charge in [-0.15, -0.1) is 0 Å². The van der Waals surface area contributed by atoms with Gasteiger partial charge < -0.3 is 24.6 Å². The summed E-state index contributed by atoms with van der Waals surface area (Å²) < 4.78 is 16.0. The maximum absolute atomic E-state index is 12.0. The highest BCUT2D eigenvalue weighted by Gasteiger charge is 2.38. The fraction of sp³-hybridized carbons (Fsp3) is 0.579. The summed E-state index contributed by atoms with van der Waals surface area (Å²) in [5.41, 5.74) is -0.950. The van der Waals surface area contributed by atoms with Crippen LogP contribution in [0.3, 0.4) is 0 Å². The Bertz CT molecular complexity index is 624. The van der Waals surface area contributed by atoms with Crippen molar-refractivity contribution in [3.05, 3.63) is 18.2 Å². The van der Waals surface area contributed by atoms with Crippen LogP contribution in [0.4, 0.5) is 5.69 Å². The van der Waals surface area contributed by atoms with Crippen molar-refractivity contribution in [3.63, 3.8) is 0 Å². The maximum atomic E-state index is 12.0. The third kappa shape index (κ3) is 5.36. The molecule has 0 atom stereocenters. The largest absolute Gasteiger partial charge is 0.490 e. The first kappa shape index (κ1) is 20.0. The van der Waals surface area contributed by atoms with Crippen molar-refractivity contribution in [3.8, 4) is 11.5 Å². The molecule has 1 aromatic carbocycles. The third-order valence-electron chi connectivity index (χ3n) is 4.22. The van der Waals surface area contributed by atoms with Gasteiger partial charge in [-0.05, 0) is 51.7 Å². The van der Waals surface area contributed by atoms with Crippen LogP contribution in [0.15, 0.2) is 18.2 Å². The number of carbonyl (C=O) groups is 2. The minimum Gasteiger partial charge on any atom is -0.490 e. The monoisotopic (exact) mass is 365 g/mol.